The molecule has 1 heterocycles. The van der Waals surface area contributed by atoms with Gasteiger partial charge in [0.1, 0.15) is 0 Å². The molecule has 0 spiro atoms. The Bertz CT molecular complexity index is 556. The molecule has 112 valence electrons. The Labute approximate surface area is 124 Å². The number of rotatable bonds is 3. The van der Waals surface area contributed by atoms with Gasteiger partial charge in [0.25, 0.3) is 0 Å². The molecule has 21 heavy (non-hydrogen) atoms. The normalized spacial score (nSPS) is 31.8. The van der Waals surface area contributed by atoms with Gasteiger partial charge in [-0.2, -0.15) is 0 Å². The third kappa shape index (κ3) is 2.67. The van der Waals surface area contributed by atoms with E-state index in [1.165, 1.54) is 5.56 Å². The average Bonchev–Trinajstić information content (AvgIpc) is 3.28. The quantitative estimate of drug-likeness (QED) is 0.928. The molecular weight excluding hydrogens is 266 g/mol. The van der Waals surface area contributed by atoms with Gasteiger partial charge in [0.15, 0.2) is 0 Å². The van der Waals surface area contributed by atoms with E-state index in [1.54, 1.807) is 0 Å². The SMILES string of the molecule is CC1(c2ccccc2)CCCN(C(=O)C2CC2C(=O)O)C1. The van der Waals surface area contributed by atoms with Gasteiger partial charge in [-0.05, 0) is 24.8 Å². The zero-order valence-corrected chi connectivity index (χ0v) is 12.3. The van der Waals surface area contributed by atoms with E-state index < -0.39 is 11.9 Å². The summed E-state index contributed by atoms with van der Waals surface area (Å²) in [5.41, 5.74) is 1.23. The van der Waals surface area contributed by atoms with E-state index in [2.05, 4.69) is 19.1 Å². The Morgan fingerprint density at radius 1 is 1.24 bits per heavy atom. The number of carboxylic acids is 1. The highest BCUT2D eigenvalue weighted by atomic mass is 16.4. The standard InChI is InChI=1S/C17H21NO3/c1-17(12-6-3-2-4-7-12)8-5-9-18(11-17)15(19)13-10-14(13)16(20)21/h2-4,6-7,13-14H,5,8-11H2,1H3,(H,20,21). The van der Waals surface area contributed by atoms with Crippen molar-refractivity contribution in [1.29, 1.82) is 0 Å². The molecule has 0 bridgehead atoms. The van der Waals surface area contributed by atoms with Gasteiger partial charge >= 0.3 is 5.97 Å². The van der Waals surface area contributed by atoms with E-state index in [4.69, 9.17) is 5.11 Å². The number of likely N-dealkylation sites (tertiary alicyclic amines) is 1. The maximum atomic E-state index is 12.5. The minimum absolute atomic E-state index is 0.0250. The van der Waals surface area contributed by atoms with Crippen LogP contribution in [0.5, 0.6) is 0 Å². The zero-order valence-electron chi connectivity index (χ0n) is 12.3. The first-order valence-corrected chi connectivity index (χ1v) is 7.58. The van der Waals surface area contributed by atoms with Crippen molar-refractivity contribution in [2.75, 3.05) is 13.1 Å². The molecule has 1 saturated heterocycles. The maximum absolute atomic E-state index is 12.5. The number of hydrogen-bond donors (Lipinski definition) is 1. The first kappa shape index (κ1) is 14.1. The summed E-state index contributed by atoms with van der Waals surface area (Å²) in [5, 5.41) is 8.98. The number of carbonyl (C=O) groups is 2. The highest BCUT2D eigenvalue weighted by Gasteiger charge is 2.50. The Hall–Kier alpha value is -1.84. The van der Waals surface area contributed by atoms with Gasteiger partial charge in [0.2, 0.25) is 5.91 Å². The van der Waals surface area contributed by atoms with Crippen molar-refractivity contribution in [1.82, 2.24) is 4.90 Å². The van der Waals surface area contributed by atoms with Crippen LogP contribution in [0.1, 0.15) is 31.7 Å². The number of carboxylic acid groups (broad SMARTS) is 1. The van der Waals surface area contributed by atoms with Crippen LogP contribution in [-0.2, 0) is 15.0 Å². The van der Waals surface area contributed by atoms with Crippen LogP contribution in [-0.4, -0.2) is 35.0 Å². The molecule has 2 fully saturated rings. The molecular formula is C17H21NO3. The Morgan fingerprint density at radius 2 is 1.95 bits per heavy atom. The van der Waals surface area contributed by atoms with Gasteiger partial charge in [0.05, 0.1) is 11.8 Å². The van der Waals surface area contributed by atoms with Crippen LogP contribution in [0.15, 0.2) is 30.3 Å². The van der Waals surface area contributed by atoms with E-state index >= 15 is 0 Å². The third-order valence-electron chi connectivity index (χ3n) is 4.90. The van der Waals surface area contributed by atoms with Crippen LogP contribution in [0.25, 0.3) is 0 Å². The largest absolute Gasteiger partial charge is 0.481 e. The van der Waals surface area contributed by atoms with Crippen molar-refractivity contribution in [3.63, 3.8) is 0 Å². The topological polar surface area (TPSA) is 57.6 Å². The van der Waals surface area contributed by atoms with Crippen LogP contribution >= 0.6 is 0 Å². The second kappa shape index (κ2) is 5.17. The molecule has 1 aliphatic heterocycles. The summed E-state index contributed by atoms with van der Waals surface area (Å²) in [7, 11) is 0. The summed E-state index contributed by atoms with van der Waals surface area (Å²) in [6, 6.07) is 10.3. The highest BCUT2D eigenvalue weighted by molar-refractivity contribution is 5.89. The summed E-state index contributed by atoms with van der Waals surface area (Å²) in [4.78, 5) is 25.3. The van der Waals surface area contributed by atoms with E-state index in [0.717, 1.165) is 19.4 Å². The molecule has 1 aromatic carbocycles. The van der Waals surface area contributed by atoms with Gasteiger partial charge < -0.3 is 10.0 Å². The summed E-state index contributed by atoms with van der Waals surface area (Å²) in [5.74, 6) is -1.55. The monoisotopic (exact) mass is 287 g/mol. The van der Waals surface area contributed by atoms with Crippen LogP contribution in [0.2, 0.25) is 0 Å². The second-order valence-electron chi connectivity index (χ2n) is 6.58. The number of carbonyl (C=O) groups excluding carboxylic acids is 1. The first-order chi connectivity index (χ1) is 10.0. The molecule has 1 aromatic rings. The molecule has 4 heteroatoms. The zero-order chi connectivity index (χ0) is 15.0. The van der Waals surface area contributed by atoms with E-state index in [0.29, 0.717) is 13.0 Å². The van der Waals surface area contributed by atoms with E-state index in [-0.39, 0.29) is 17.2 Å². The molecule has 1 N–H and O–H groups in total. The fourth-order valence-electron chi connectivity index (χ4n) is 3.48. The summed E-state index contributed by atoms with van der Waals surface area (Å²) in [6.07, 6.45) is 2.54. The van der Waals surface area contributed by atoms with Crippen molar-refractivity contribution in [3.05, 3.63) is 35.9 Å². The lowest BCUT2D eigenvalue weighted by atomic mass is 9.76. The molecule has 1 aliphatic carbocycles. The fourth-order valence-corrected chi connectivity index (χ4v) is 3.48. The number of piperidine rings is 1. The Balaban J connectivity index is 1.72. The fraction of sp³-hybridized carbons (Fsp3) is 0.529. The third-order valence-corrected chi connectivity index (χ3v) is 4.90. The van der Waals surface area contributed by atoms with E-state index in [9.17, 15) is 9.59 Å². The smallest absolute Gasteiger partial charge is 0.307 e. The molecule has 4 nitrogen and oxygen atoms in total. The molecule has 0 aromatic heterocycles. The first-order valence-electron chi connectivity index (χ1n) is 7.58. The van der Waals surface area contributed by atoms with Crippen LogP contribution < -0.4 is 0 Å². The van der Waals surface area contributed by atoms with Crippen molar-refractivity contribution < 1.29 is 14.7 Å². The predicted molar refractivity (Wildman–Crippen MR) is 78.8 cm³/mol. The van der Waals surface area contributed by atoms with Crippen LogP contribution in [0.3, 0.4) is 0 Å². The molecule has 1 amide bonds. The molecule has 3 rings (SSSR count). The molecule has 3 unspecified atom stereocenters. The predicted octanol–water partition coefficient (Wildman–Crippen LogP) is 2.29. The Morgan fingerprint density at radius 3 is 2.57 bits per heavy atom. The number of amides is 1. The number of hydrogen-bond acceptors (Lipinski definition) is 2. The van der Waals surface area contributed by atoms with Gasteiger partial charge in [-0.1, -0.05) is 37.3 Å². The average molecular weight is 287 g/mol. The summed E-state index contributed by atoms with van der Waals surface area (Å²) >= 11 is 0. The molecule has 3 atom stereocenters. The van der Waals surface area contributed by atoms with Crippen molar-refractivity contribution in [2.45, 2.75) is 31.6 Å². The van der Waals surface area contributed by atoms with Gasteiger partial charge in [0, 0.05) is 18.5 Å². The van der Waals surface area contributed by atoms with Gasteiger partial charge in [-0.3, -0.25) is 9.59 Å². The number of aliphatic carboxylic acids is 1. The van der Waals surface area contributed by atoms with Crippen molar-refractivity contribution in [3.8, 4) is 0 Å². The molecule has 0 radical (unpaired) electrons. The van der Waals surface area contributed by atoms with E-state index in [1.807, 2.05) is 23.1 Å². The minimum atomic E-state index is -0.837. The van der Waals surface area contributed by atoms with Crippen molar-refractivity contribution in [2.24, 2.45) is 11.8 Å². The lowest BCUT2D eigenvalue weighted by Crippen LogP contribution is -2.47. The molecule has 2 aliphatic rings. The van der Waals surface area contributed by atoms with Crippen molar-refractivity contribution >= 4 is 11.9 Å². The summed E-state index contributed by atoms with van der Waals surface area (Å²) < 4.78 is 0. The highest BCUT2D eigenvalue weighted by Crippen LogP contribution is 2.42. The van der Waals surface area contributed by atoms with Gasteiger partial charge in [-0.15, -0.1) is 0 Å². The van der Waals surface area contributed by atoms with Crippen LogP contribution in [0.4, 0.5) is 0 Å². The summed E-state index contributed by atoms with van der Waals surface area (Å²) in [6.45, 7) is 3.64. The second-order valence-corrected chi connectivity index (χ2v) is 6.58. The lowest BCUT2D eigenvalue weighted by Gasteiger charge is -2.41. The van der Waals surface area contributed by atoms with Crippen LogP contribution in [0, 0.1) is 11.8 Å². The Kier molecular flexibility index (Phi) is 3.47. The van der Waals surface area contributed by atoms with Gasteiger partial charge in [-0.25, -0.2) is 0 Å². The minimum Gasteiger partial charge on any atom is -0.481 e. The number of benzene rings is 1. The lowest BCUT2D eigenvalue weighted by molar-refractivity contribution is -0.142. The molecule has 1 saturated carbocycles. The maximum Gasteiger partial charge on any atom is 0.307 e. The number of nitrogens with zero attached hydrogens (tertiary/aromatic N) is 1.